The summed E-state index contributed by atoms with van der Waals surface area (Å²) in [6, 6.07) is 11.1. The average molecular weight is 429 g/mol. The zero-order chi connectivity index (χ0) is 21.0. The number of ether oxygens (including phenoxy) is 2. The van der Waals surface area contributed by atoms with Gasteiger partial charge in [0.15, 0.2) is 5.41 Å². The van der Waals surface area contributed by atoms with E-state index >= 15 is 0 Å². The molecule has 148 valence electrons. The SMILES string of the molecule is CCC1CCC23OC(=N)C(C#N)(C2C1)C(C#N)(C#N)C(c1c(Cl)cccc1Cl)O3. The highest BCUT2D eigenvalue weighted by molar-refractivity contribution is 6.36. The summed E-state index contributed by atoms with van der Waals surface area (Å²) in [6.07, 6.45) is 1.48. The molecule has 3 aliphatic rings. The van der Waals surface area contributed by atoms with Crippen LogP contribution in [0.1, 0.15) is 44.3 Å². The van der Waals surface area contributed by atoms with Gasteiger partial charge in [0, 0.05) is 22.0 Å². The lowest BCUT2D eigenvalue weighted by Crippen LogP contribution is -2.61. The van der Waals surface area contributed by atoms with Crippen molar-refractivity contribution >= 4 is 29.1 Å². The van der Waals surface area contributed by atoms with Gasteiger partial charge in [-0.3, -0.25) is 5.41 Å². The summed E-state index contributed by atoms with van der Waals surface area (Å²) >= 11 is 12.8. The van der Waals surface area contributed by atoms with Crippen LogP contribution in [0.5, 0.6) is 0 Å². The number of hydrogen-bond donors (Lipinski definition) is 1. The molecule has 1 aliphatic carbocycles. The maximum absolute atomic E-state index is 10.3. The minimum Gasteiger partial charge on any atom is -0.447 e. The van der Waals surface area contributed by atoms with Crippen molar-refractivity contribution in [1.29, 1.82) is 21.2 Å². The highest BCUT2D eigenvalue weighted by Crippen LogP contribution is 2.70. The van der Waals surface area contributed by atoms with Crippen molar-refractivity contribution in [1.82, 2.24) is 0 Å². The Morgan fingerprint density at radius 2 is 1.83 bits per heavy atom. The minimum atomic E-state index is -2.03. The molecule has 0 spiro atoms. The predicted octanol–water partition coefficient (Wildman–Crippen LogP) is 5.14. The van der Waals surface area contributed by atoms with Crippen LogP contribution < -0.4 is 0 Å². The van der Waals surface area contributed by atoms with E-state index in [-0.39, 0.29) is 21.5 Å². The van der Waals surface area contributed by atoms with Crippen LogP contribution in [0.25, 0.3) is 0 Å². The highest BCUT2D eigenvalue weighted by atomic mass is 35.5. The van der Waals surface area contributed by atoms with E-state index in [1.54, 1.807) is 18.2 Å². The average Bonchev–Trinajstić information content (AvgIpc) is 2.92. The second kappa shape index (κ2) is 6.61. The van der Waals surface area contributed by atoms with Gasteiger partial charge >= 0.3 is 0 Å². The minimum absolute atomic E-state index is 0.230. The first-order valence-corrected chi connectivity index (χ1v) is 10.2. The molecule has 0 amide bonds. The Morgan fingerprint density at radius 3 is 2.38 bits per heavy atom. The number of halogens is 2. The maximum atomic E-state index is 10.3. The molecule has 2 bridgehead atoms. The first-order chi connectivity index (χ1) is 13.9. The van der Waals surface area contributed by atoms with Crippen molar-refractivity contribution in [3.05, 3.63) is 33.8 Å². The van der Waals surface area contributed by atoms with E-state index in [1.807, 2.05) is 12.1 Å². The molecule has 1 saturated carbocycles. The van der Waals surface area contributed by atoms with Crippen LogP contribution in [-0.4, -0.2) is 11.7 Å². The fraction of sp³-hybridized carbons (Fsp3) is 0.524. The van der Waals surface area contributed by atoms with Gasteiger partial charge in [-0.05, 0) is 30.9 Å². The van der Waals surface area contributed by atoms with Crippen molar-refractivity contribution in [3.8, 4) is 18.2 Å². The van der Waals surface area contributed by atoms with Crippen LogP contribution in [0, 0.1) is 62.1 Å². The number of nitrogens with zero attached hydrogens (tertiary/aromatic N) is 3. The molecule has 29 heavy (non-hydrogen) atoms. The van der Waals surface area contributed by atoms with Gasteiger partial charge in [-0.15, -0.1) is 0 Å². The first-order valence-electron chi connectivity index (χ1n) is 9.49. The van der Waals surface area contributed by atoms with Crippen molar-refractivity contribution in [2.24, 2.45) is 22.7 Å². The van der Waals surface area contributed by atoms with Crippen molar-refractivity contribution in [2.75, 3.05) is 0 Å². The maximum Gasteiger partial charge on any atom is 0.217 e. The molecule has 2 aliphatic heterocycles. The molecule has 5 unspecified atom stereocenters. The second-order valence-corrected chi connectivity index (χ2v) is 8.74. The Bertz CT molecular complexity index is 989. The summed E-state index contributed by atoms with van der Waals surface area (Å²) in [7, 11) is 0. The Morgan fingerprint density at radius 1 is 1.17 bits per heavy atom. The van der Waals surface area contributed by atoms with Gasteiger partial charge in [0.05, 0.1) is 24.1 Å². The van der Waals surface area contributed by atoms with Gasteiger partial charge < -0.3 is 9.47 Å². The van der Waals surface area contributed by atoms with Crippen LogP contribution in [0.2, 0.25) is 10.0 Å². The van der Waals surface area contributed by atoms with E-state index in [0.29, 0.717) is 18.8 Å². The number of benzene rings is 1. The highest BCUT2D eigenvalue weighted by Gasteiger charge is 2.81. The van der Waals surface area contributed by atoms with Gasteiger partial charge in [-0.1, -0.05) is 42.6 Å². The summed E-state index contributed by atoms with van der Waals surface area (Å²) in [5.74, 6) is -1.92. The Labute approximate surface area is 179 Å². The molecule has 4 rings (SSSR count). The number of hydrogen-bond acceptors (Lipinski definition) is 6. The fourth-order valence-electron chi connectivity index (χ4n) is 5.31. The molecular weight excluding hydrogens is 411 g/mol. The molecule has 0 radical (unpaired) electrons. The largest absolute Gasteiger partial charge is 0.447 e. The quantitative estimate of drug-likeness (QED) is 0.699. The lowest BCUT2D eigenvalue weighted by Gasteiger charge is -2.53. The third-order valence-electron chi connectivity index (χ3n) is 6.86. The summed E-state index contributed by atoms with van der Waals surface area (Å²) in [6.45, 7) is 2.06. The second-order valence-electron chi connectivity index (χ2n) is 7.93. The van der Waals surface area contributed by atoms with Gasteiger partial charge in [-0.25, -0.2) is 0 Å². The molecule has 3 fully saturated rings. The smallest absolute Gasteiger partial charge is 0.217 e. The summed E-state index contributed by atoms with van der Waals surface area (Å²) in [4.78, 5) is 0. The Balaban J connectivity index is 2.02. The van der Waals surface area contributed by atoms with Crippen LogP contribution >= 0.6 is 23.2 Å². The number of nitriles is 3. The summed E-state index contributed by atoms with van der Waals surface area (Å²) in [5, 5.41) is 39.9. The zero-order valence-electron chi connectivity index (χ0n) is 15.7. The lowest BCUT2D eigenvalue weighted by atomic mass is 9.50. The van der Waals surface area contributed by atoms with Crippen molar-refractivity contribution < 1.29 is 9.47 Å². The molecule has 6 nitrogen and oxygen atoms in total. The third-order valence-corrected chi connectivity index (χ3v) is 7.52. The van der Waals surface area contributed by atoms with Gasteiger partial charge in [0.25, 0.3) is 0 Å². The van der Waals surface area contributed by atoms with Gasteiger partial charge in [0.1, 0.15) is 6.10 Å². The van der Waals surface area contributed by atoms with E-state index in [9.17, 15) is 15.8 Å². The van der Waals surface area contributed by atoms with Gasteiger partial charge in [-0.2, -0.15) is 15.8 Å². The normalized spacial score (nSPS) is 36.8. The molecule has 1 aromatic rings. The number of rotatable bonds is 2. The first kappa shape index (κ1) is 20.0. The topological polar surface area (TPSA) is 114 Å². The van der Waals surface area contributed by atoms with Crippen LogP contribution in [0.15, 0.2) is 18.2 Å². The molecular formula is C21H18Cl2N4O2. The Kier molecular flexibility index (Phi) is 4.56. The van der Waals surface area contributed by atoms with E-state index in [4.69, 9.17) is 38.1 Å². The van der Waals surface area contributed by atoms with Crippen LogP contribution in [0.3, 0.4) is 0 Å². The molecule has 5 atom stereocenters. The van der Waals surface area contributed by atoms with Crippen molar-refractivity contribution in [3.63, 3.8) is 0 Å². The van der Waals surface area contributed by atoms with Gasteiger partial charge in [0.2, 0.25) is 17.1 Å². The molecule has 1 aromatic carbocycles. The monoisotopic (exact) mass is 428 g/mol. The molecule has 2 heterocycles. The lowest BCUT2D eigenvalue weighted by molar-refractivity contribution is -0.299. The van der Waals surface area contributed by atoms with Crippen molar-refractivity contribution in [2.45, 2.75) is 44.5 Å². The third kappa shape index (κ3) is 2.27. The molecule has 0 aromatic heterocycles. The van der Waals surface area contributed by atoms with E-state index in [1.165, 1.54) is 0 Å². The van der Waals surface area contributed by atoms with Crippen LogP contribution in [0.4, 0.5) is 0 Å². The summed E-state index contributed by atoms with van der Waals surface area (Å²) in [5.41, 5.74) is -3.53. The number of nitrogens with one attached hydrogen (secondary N) is 1. The van der Waals surface area contributed by atoms with E-state index in [0.717, 1.165) is 12.8 Å². The Hall–Kier alpha value is -2.30. The van der Waals surface area contributed by atoms with E-state index in [2.05, 4.69) is 13.0 Å². The zero-order valence-corrected chi connectivity index (χ0v) is 17.2. The molecule has 2 saturated heterocycles. The molecule has 1 N–H and O–H groups in total. The fourth-order valence-corrected chi connectivity index (χ4v) is 5.90. The summed E-state index contributed by atoms with van der Waals surface area (Å²) < 4.78 is 12.3. The predicted molar refractivity (Wildman–Crippen MR) is 105 cm³/mol. The molecule has 8 heteroatoms. The van der Waals surface area contributed by atoms with Crippen LogP contribution in [-0.2, 0) is 9.47 Å². The standard InChI is InChI=1S/C21H18Cl2N4O2/c1-2-12-6-7-21-15(8-12)20(11-26,18(27)29-21)19(9-24,10-25)17(28-21)16-13(22)4-3-5-14(16)23/h3-5,12,15,17,27H,2,6-8H2,1H3. The van der Waals surface area contributed by atoms with E-state index < -0.39 is 28.6 Å².